The van der Waals surface area contributed by atoms with Crippen LogP contribution in [-0.2, 0) is 13.0 Å². The van der Waals surface area contributed by atoms with Gasteiger partial charge in [-0.25, -0.2) is 0 Å². The average Bonchev–Trinajstić information content (AvgIpc) is 2.87. The zero-order valence-corrected chi connectivity index (χ0v) is 12.3. The number of nitrogens with zero attached hydrogens (tertiary/aromatic N) is 1. The fourth-order valence-electron chi connectivity index (χ4n) is 2.88. The number of fused-ring (bicyclic) bond motifs is 2. The number of rotatable bonds is 2. The van der Waals surface area contributed by atoms with E-state index in [1.54, 1.807) is 4.57 Å². The molecule has 3 aromatic rings. The van der Waals surface area contributed by atoms with E-state index in [4.69, 9.17) is 12.2 Å². The van der Waals surface area contributed by atoms with Crippen LogP contribution in [0.3, 0.4) is 0 Å². The van der Waals surface area contributed by atoms with Crippen LogP contribution in [0.1, 0.15) is 17.0 Å². The summed E-state index contributed by atoms with van der Waals surface area (Å²) in [5, 5.41) is 1.92. The summed E-state index contributed by atoms with van der Waals surface area (Å²) in [6, 6.07) is 10.3. The maximum atomic E-state index is 12.5. The Labute approximate surface area is 124 Å². The topological polar surface area (TPSA) is 37.8 Å². The average molecular weight is 300 g/mol. The molecule has 0 spiro atoms. The first-order valence-corrected chi connectivity index (χ1v) is 7.81. The van der Waals surface area contributed by atoms with Gasteiger partial charge in [0.25, 0.3) is 5.56 Å². The van der Waals surface area contributed by atoms with Crippen LogP contribution in [0.25, 0.3) is 10.2 Å². The Kier molecular flexibility index (Phi) is 2.65. The lowest BCUT2D eigenvalue weighted by molar-refractivity contribution is 0.493. The van der Waals surface area contributed by atoms with Crippen LogP contribution in [0.15, 0.2) is 40.5 Å². The van der Waals surface area contributed by atoms with Crippen molar-refractivity contribution in [2.45, 2.75) is 18.9 Å². The Hall–Kier alpha value is -1.72. The molecule has 1 atom stereocenters. The number of H-pyrrole nitrogens is 1. The van der Waals surface area contributed by atoms with Crippen molar-refractivity contribution < 1.29 is 0 Å². The van der Waals surface area contributed by atoms with Crippen molar-refractivity contribution in [2.24, 2.45) is 0 Å². The Morgan fingerprint density at radius 1 is 1.35 bits per heavy atom. The minimum atomic E-state index is 0.0307. The third kappa shape index (κ3) is 1.70. The van der Waals surface area contributed by atoms with Crippen LogP contribution < -0.4 is 5.56 Å². The van der Waals surface area contributed by atoms with Gasteiger partial charge in [-0.2, -0.15) is 0 Å². The highest BCUT2D eigenvalue weighted by molar-refractivity contribution is 7.71. The quantitative estimate of drug-likeness (QED) is 0.736. The monoisotopic (exact) mass is 300 g/mol. The third-order valence-electron chi connectivity index (χ3n) is 3.96. The van der Waals surface area contributed by atoms with Gasteiger partial charge in [0.05, 0.1) is 5.52 Å². The summed E-state index contributed by atoms with van der Waals surface area (Å²) < 4.78 is 2.98. The smallest absolute Gasteiger partial charge is 0.272 e. The van der Waals surface area contributed by atoms with Crippen molar-refractivity contribution in [1.29, 1.82) is 0 Å². The van der Waals surface area contributed by atoms with Crippen LogP contribution >= 0.6 is 23.6 Å². The number of aromatic amines is 1. The summed E-state index contributed by atoms with van der Waals surface area (Å²) in [7, 11) is 0. The fraction of sp³-hybridized carbons (Fsp3) is 0.200. The molecule has 1 N–H and O–H groups in total. The van der Waals surface area contributed by atoms with Gasteiger partial charge in [-0.1, -0.05) is 24.3 Å². The van der Waals surface area contributed by atoms with Crippen LogP contribution in [-0.4, -0.2) is 9.55 Å². The maximum absolute atomic E-state index is 12.5. The SMILES string of the molecule is O=c1c2sccc2[nH]c(=S)n1CC1Cc2ccccc21. The lowest BCUT2D eigenvalue weighted by Gasteiger charge is -2.30. The van der Waals surface area contributed by atoms with E-state index in [0.29, 0.717) is 17.2 Å². The lowest BCUT2D eigenvalue weighted by Crippen LogP contribution is -2.29. The molecule has 0 radical (unpaired) electrons. The van der Waals surface area contributed by atoms with E-state index in [1.807, 2.05) is 11.4 Å². The lowest BCUT2D eigenvalue weighted by atomic mass is 9.77. The number of nitrogens with one attached hydrogen (secondary N) is 1. The Balaban J connectivity index is 1.78. The molecule has 4 rings (SSSR count). The molecule has 0 saturated carbocycles. The molecule has 3 nitrogen and oxygen atoms in total. The highest BCUT2D eigenvalue weighted by Crippen LogP contribution is 2.35. The Bertz CT molecular complexity index is 919. The molecular formula is C15H12N2OS2. The van der Waals surface area contributed by atoms with E-state index in [1.165, 1.54) is 22.5 Å². The molecule has 20 heavy (non-hydrogen) atoms. The molecule has 2 heterocycles. The minimum Gasteiger partial charge on any atom is -0.331 e. The van der Waals surface area contributed by atoms with Crippen LogP contribution in [0.2, 0.25) is 0 Å². The first kappa shape index (κ1) is 12.1. The van der Waals surface area contributed by atoms with E-state index in [9.17, 15) is 4.79 Å². The van der Waals surface area contributed by atoms with Crippen LogP contribution in [0, 0.1) is 4.77 Å². The van der Waals surface area contributed by atoms with Crippen molar-refractivity contribution in [3.05, 3.63) is 62.0 Å². The predicted octanol–water partition coefficient (Wildman–Crippen LogP) is 3.46. The van der Waals surface area contributed by atoms with Gasteiger partial charge in [-0.15, -0.1) is 11.3 Å². The first-order valence-electron chi connectivity index (χ1n) is 6.52. The second kappa shape index (κ2) is 4.40. The molecule has 1 unspecified atom stereocenters. The van der Waals surface area contributed by atoms with Crippen molar-refractivity contribution in [1.82, 2.24) is 9.55 Å². The van der Waals surface area contributed by atoms with Crippen molar-refractivity contribution in [2.75, 3.05) is 0 Å². The Morgan fingerprint density at radius 2 is 2.20 bits per heavy atom. The highest BCUT2D eigenvalue weighted by Gasteiger charge is 2.26. The minimum absolute atomic E-state index is 0.0307. The molecule has 1 aromatic carbocycles. The number of hydrogen-bond acceptors (Lipinski definition) is 3. The molecule has 0 saturated heterocycles. The van der Waals surface area contributed by atoms with E-state index in [-0.39, 0.29) is 5.56 Å². The normalized spacial score (nSPS) is 16.9. The summed E-state index contributed by atoms with van der Waals surface area (Å²) >= 11 is 6.80. The van der Waals surface area contributed by atoms with E-state index in [0.717, 1.165) is 16.6 Å². The molecule has 0 amide bonds. The standard InChI is InChI=1S/C15H12N2OS2/c18-14-13-12(5-6-20-13)16-15(19)17(14)8-10-7-9-3-1-2-4-11(9)10/h1-6,10H,7-8H2,(H,16,19). The molecule has 0 bridgehead atoms. The van der Waals surface area contributed by atoms with Crippen molar-refractivity contribution >= 4 is 33.8 Å². The molecule has 1 aliphatic carbocycles. The maximum Gasteiger partial charge on any atom is 0.272 e. The summed E-state index contributed by atoms with van der Waals surface area (Å²) in [5.74, 6) is 0.399. The highest BCUT2D eigenvalue weighted by atomic mass is 32.1. The van der Waals surface area contributed by atoms with Gasteiger partial charge in [0, 0.05) is 12.5 Å². The Morgan fingerprint density at radius 3 is 3.05 bits per heavy atom. The van der Waals surface area contributed by atoms with Gasteiger partial charge in [-0.05, 0) is 41.2 Å². The fourth-order valence-corrected chi connectivity index (χ4v) is 3.95. The molecule has 2 aromatic heterocycles. The van der Waals surface area contributed by atoms with Gasteiger partial charge in [-0.3, -0.25) is 9.36 Å². The van der Waals surface area contributed by atoms with E-state index in [2.05, 4.69) is 29.2 Å². The van der Waals surface area contributed by atoms with Gasteiger partial charge in [0.15, 0.2) is 4.77 Å². The predicted molar refractivity (Wildman–Crippen MR) is 84.2 cm³/mol. The molecule has 5 heteroatoms. The van der Waals surface area contributed by atoms with Crippen LogP contribution in [0.5, 0.6) is 0 Å². The van der Waals surface area contributed by atoms with E-state index < -0.39 is 0 Å². The first-order chi connectivity index (χ1) is 9.74. The zero-order chi connectivity index (χ0) is 13.7. The van der Waals surface area contributed by atoms with E-state index >= 15 is 0 Å². The van der Waals surface area contributed by atoms with Crippen LogP contribution in [0.4, 0.5) is 0 Å². The number of thiophene rings is 1. The zero-order valence-electron chi connectivity index (χ0n) is 10.6. The molecule has 0 fully saturated rings. The molecule has 0 aliphatic heterocycles. The largest absolute Gasteiger partial charge is 0.331 e. The summed E-state index contributed by atoms with van der Waals surface area (Å²) in [6.45, 7) is 0.666. The molecule has 1 aliphatic rings. The van der Waals surface area contributed by atoms with Crippen molar-refractivity contribution in [3.63, 3.8) is 0 Å². The van der Waals surface area contributed by atoms with Gasteiger partial charge in [0.1, 0.15) is 4.70 Å². The number of hydrogen-bond donors (Lipinski definition) is 1. The second-order valence-electron chi connectivity index (χ2n) is 5.11. The summed E-state index contributed by atoms with van der Waals surface area (Å²) in [5.41, 5.74) is 3.61. The van der Waals surface area contributed by atoms with Crippen molar-refractivity contribution in [3.8, 4) is 0 Å². The summed E-state index contributed by atoms with van der Waals surface area (Å²) in [6.07, 6.45) is 1.03. The third-order valence-corrected chi connectivity index (χ3v) is 5.18. The van der Waals surface area contributed by atoms with Gasteiger partial charge >= 0.3 is 0 Å². The van der Waals surface area contributed by atoms with Gasteiger partial charge < -0.3 is 4.98 Å². The number of benzene rings is 1. The van der Waals surface area contributed by atoms with Gasteiger partial charge in [0.2, 0.25) is 0 Å². The summed E-state index contributed by atoms with van der Waals surface area (Å²) in [4.78, 5) is 15.6. The molecular weight excluding hydrogens is 288 g/mol. The number of aromatic nitrogens is 2. The molecule has 100 valence electrons. The second-order valence-corrected chi connectivity index (χ2v) is 6.41.